The molecule has 0 aliphatic heterocycles. The quantitative estimate of drug-likeness (QED) is 0.612. The van der Waals surface area contributed by atoms with E-state index in [0.717, 1.165) is 5.56 Å². The summed E-state index contributed by atoms with van der Waals surface area (Å²) in [7, 11) is 1.63. The van der Waals surface area contributed by atoms with Gasteiger partial charge in [-0.2, -0.15) is 0 Å². The van der Waals surface area contributed by atoms with Gasteiger partial charge in [-0.1, -0.05) is 12.1 Å². The summed E-state index contributed by atoms with van der Waals surface area (Å²) in [5, 5.41) is 10.6. The van der Waals surface area contributed by atoms with Crippen molar-refractivity contribution in [3.8, 4) is 5.75 Å². The topological polar surface area (TPSA) is 29.1 Å². The third-order valence-electron chi connectivity index (χ3n) is 1.23. The third kappa shape index (κ3) is 1.74. The second-order valence-electron chi connectivity index (χ2n) is 2.08. The van der Waals surface area contributed by atoms with Crippen LogP contribution in [0, 0.1) is 0 Å². The Hall–Kier alpha value is -1.02. The smallest absolute Gasteiger partial charge is 0.178 e. The maximum absolute atomic E-state index is 10.6. The van der Waals surface area contributed by atoms with E-state index in [2.05, 4.69) is 0 Å². The zero-order chi connectivity index (χ0) is 7.40. The lowest BCUT2D eigenvalue weighted by Crippen LogP contribution is -1.84. The van der Waals surface area contributed by atoms with Gasteiger partial charge in [0.05, 0.1) is 6.61 Å². The number of hydrogen-bond acceptors (Lipinski definition) is 1. The number of ether oxygens (including phenoxy) is 1. The summed E-state index contributed by atoms with van der Waals surface area (Å²) in [5.74, 6) is 0.0415. The van der Waals surface area contributed by atoms with Crippen LogP contribution in [-0.4, -0.2) is 7.11 Å². The average molecular weight is 137 g/mol. The minimum Gasteiger partial charge on any atom is -0.380 e. The molecule has 2 heteroatoms. The van der Waals surface area contributed by atoms with Crippen LogP contribution in [0.3, 0.4) is 0 Å². The molecule has 0 N–H and O–H groups in total. The molecule has 1 aromatic carbocycles. The lowest BCUT2D eigenvalue weighted by atomic mass is 10.2. The van der Waals surface area contributed by atoms with Crippen LogP contribution in [-0.2, 0) is 16.5 Å². The zero-order valence-electron chi connectivity index (χ0n) is 5.83. The van der Waals surface area contributed by atoms with E-state index in [1.165, 1.54) is 12.1 Å². The van der Waals surface area contributed by atoms with E-state index in [-0.39, 0.29) is 5.75 Å². The van der Waals surface area contributed by atoms with Gasteiger partial charge in [-0.05, 0) is 17.7 Å². The summed E-state index contributed by atoms with van der Waals surface area (Å²) >= 11 is 0. The van der Waals surface area contributed by atoms with Gasteiger partial charge in [0.25, 0.3) is 0 Å². The average Bonchev–Trinajstić information content (AvgIpc) is 1.95. The number of methoxy groups -OCH3 is 1. The molecule has 0 amide bonds. The Morgan fingerprint density at radius 3 is 2.40 bits per heavy atom. The summed E-state index contributed by atoms with van der Waals surface area (Å²) in [6, 6.07) is 6.61. The molecule has 0 saturated carbocycles. The summed E-state index contributed by atoms with van der Waals surface area (Å²) in [6.45, 7) is 0.570. The van der Waals surface area contributed by atoms with E-state index >= 15 is 0 Å². The Bertz CT molecular complexity index is 191. The molecule has 2 nitrogen and oxygen atoms in total. The largest absolute Gasteiger partial charge is 0.380 e. The van der Waals surface area contributed by atoms with Gasteiger partial charge in [0.1, 0.15) is 0 Å². The van der Waals surface area contributed by atoms with Crippen molar-refractivity contribution < 1.29 is 9.84 Å². The van der Waals surface area contributed by atoms with Crippen molar-refractivity contribution in [2.45, 2.75) is 6.61 Å². The summed E-state index contributed by atoms with van der Waals surface area (Å²) in [5.41, 5.74) is 1.03. The molecule has 0 aromatic heterocycles. The fourth-order valence-electron chi connectivity index (χ4n) is 0.752. The molecule has 0 bridgehead atoms. The Balaban J connectivity index is 2.69. The molecule has 0 aliphatic rings. The highest BCUT2D eigenvalue weighted by Crippen LogP contribution is 2.10. The fourth-order valence-corrected chi connectivity index (χ4v) is 0.752. The minimum absolute atomic E-state index is 0.0415. The first-order valence-corrected chi connectivity index (χ1v) is 3.08. The number of benzene rings is 1. The molecule has 10 heavy (non-hydrogen) atoms. The van der Waals surface area contributed by atoms with Gasteiger partial charge in [-0.3, -0.25) is 5.11 Å². The molecule has 0 aliphatic carbocycles. The summed E-state index contributed by atoms with van der Waals surface area (Å²) < 4.78 is 4.87. The zero-order valence-corrected chi connectivity index (χ0v) is 5.83. The molecule has 1 aromatic rings. The fraction of sp³-hybridized carbons (Fsp3) is 0.250. The van der Waals surface area contributed by atoms with E-state index in [4.69, 9.17) is 4.74 Å². The first-order chi connectivity index (χ1) is 4.83. The van der Waals surface area contributed by atoms with Crippen LogP contribution in [0.15, 0.2) is 24.3 Å². The SMILES string of the molecule is COCc1ccc([O])cc1. The summed E-state index contributed by atoms with van der Waals surface area (Å²) in [4.78, 5) is 0. The Morgan fingerprint density at radius 1 is 1.30 bits per heavy atom. The van der Waals surface area contributed by atoms with Crippen molar-refractivity contribution in [2.75, 3.05) is 7.11 Å². The Morgan fingerprint density at radius 2 is 1.90 bits per heavy atom. The van der Waals surface area contributed by atoms with Gasteiger partial charge >= 0.3 is 0 Å². The first-order valence-electron chi connectivity index (χ1n) is 3.08. The lowest BCUT2D eigenvalue weighted by Gasteiger charge is -1.96. The highest BCUT2D eigenvalue weighted by molar-refractivity contribution is 5.25. The molecular weight excluding hydrogens is 128 g/mol. The second kappa shape index (κ2) is 3.22. The van der Waals surface area contributed by atoms with Crippen molar-refractivity contribution in [3.63, 3.8) is 0 Å². The highest BCUT2D eigenvalue weighted by atomic mass is 16.5. The monoisotopic (exact) mass is 137 g/mol. The van der Waals surface area contributed by atoms with Crippen LogP contribution in [0.2, 0.25) is 0 Å². The van der Waals surface area contributed by atoms with Crippen molar-refractivity contribution in [1.29, 1.82) is 0 Å². The van der Waals surface area contributed by atoms with Crippen LogP contribution >= 0.6 is 0 Å². The molecule has 0 atom stereocenters. The maximum Gasteiger partial charge on any atom is 0.178 e. The van der Waals surface area contributed by atoms with Gasteiger partial charge in [0.2, 0.25) is 0 Å². The van der Waals surface area contributed by atoms with Crippen LogP contribution in [0.5, 0.6) is 5.75 Å². The molecule has 0 saturated heterocycles. The van der Waals surface area contributed by atoms with Crippen LogP contribution in [0.25, 0.3) is 0 Å². The molecule has 53 valence electrons. The Labute approximate surface area is 60.1 Å². The molecule has 0 unspecified atom stereocenters. The molecular formula is C8H9O2. The van der Waals surface area contributed by atoms with Crippen molar-refractivity contribution in [1.82, 2.24) is 0 Å². The van der Waals surface area contributed by atoms with E-state index in [9.17, 15) is 5.11 Å². The van der Waals surface area contributed by atoms with Gasteiger partial charge in [-0.15, -0.1) is 0 Å². The highest BCUT2D eigenvalue weighted by Gasteiger charge is 1.91. The molecule has 0 heterocycles. The van der Waals surface area contributed by atoms with E-state index in [1.807, 2.05) is 0 Å². The van der Waals surface area contributed by atoms with E-state index in [0.29, 0.717) is 6.61 Å². The Kier molecular flexibility index (Phi) is 2.29. The van der Waals surface area contributed by atoms with Crippen molar-refractivity contribution >= 4 is 0 Å². The molecule has 0 fully saturated rings. The minimum atomic E-state index is 0.0415. The first kappa shape index (κ1) is 7.09. The van der Waals surface area contributed by atoms with Gasteiger partial charge < -0.3 is 4.74 Å². The molecule has 0 spiro atoms. The van der Waals surface area contributed by atoms with Crippen molar-refractivity contribution in [2.24, 2.45) is 0 Å². The van der Waals surface area contributed by atoms with Crippen LogP contribution in [0.4, 0.5) is 0 Å². The van der Waals surface area contributed by atoms with Crippen molar-refractivity contribution in [3.05, 3.63) is 29.8 Å². The van der Waals surface area contributed by atoms with Gasteiger partial charge in [0, 0.05) is 7.11 Å². The van der Waals surface area contributed by atoms with E-state index in [1.54, 1.807) is 19.2 Å². The predicted molar refractivity (Wildman–Crippen MR) is 37.3 cm³/mol. The van der Waals surface area contributed by atoms with Crippen LogP contribution < -0.4 is 0 Å². The van der Waals surface area contributed by atoms with E-state index < -0.39 is 0 Å². The van der Waals surface area contributed by atoms with Crippen LogP contribution in [0.1, 0.15) is 5.56 Å². The van der Waals surface area contributed by atoms with Gasteiger partial charge in [0.15, 0.2) is 5.75 Å². The predicted octanol–water partition coefficient (Wildman–Crippen LogP) is 1.98. The maximum atomic E-state index is 10.6. The molecule has 1 rings (SSSR count). The second-order valence-corrected chi connectivity index (χ2v) is 2.08. The molecule has 1 radical (unpaired) electrons. The van der Waals surface area contributed by atoms with Gasteiger partial charge in [-0.25, -0.2) is 0 Å². The number of hydrogen-bond donors (Lipinski definition) is 0. The third-order valence-corrected chi connectivity index (χ3v) is 1.23. The number of rotatable bonds is 2. The summed E-state index contributed by atoms with van der Waals surface area (Å²) in [6.07, 6.45) is 0. The standard InChI is InChI=1S/C8H9O2/c1-10-6-7-2-4-8(9)5-3-7/h2-5H,6H2,1H3. The normalized spacial score (nSPS) is 9.70. The lowest BCUT2D eigenvalue weighted by molar-refractivity contribution is 0.185.